The second-order valence-corrected chi connectivity index (χ2v) is 12.7. The molecule has 6 rings (SSSR count). The average molecular weight is 789 g/mol. The van der Waals surface area contributed by atoms with Crippen LogP contribution in [0.4, 0.5) is 18.9 Å². The van der Waals surface area contributed by atoms with Crippen molar-refractivity contribution in [3.05, 3.63) is 120 Å². The Hall–Kier alpha value is -6.75. The summed E-state index contributed by atoms with van der Waals surface area (Å²) in [6, 6.07) is 18.6. The van der Waals surface area contributed by atoms with Gasteiger partial charge in [0.25, 0.3) is 11.8 Å². The van der Waals surface area contributed by atoms with Gasteiger partial charge in [-0.3, -0.25) is 14.5 Å². The molecule has 1 aliphatic heterocycles. The Balaban J connectivity index is 0.000000701. The summed E-state index contributed by atoms with van der Waals surface area (Å²) < 4.78 is 51.9. The number of aliphatic carboxylic acids is 2. The summed E-state index contributed by atoms with van der Waals surface area (Å²) in [5.74, 6) is -1.61. The average Bonchev–Trinajstić information content (AvgIpc) is 3.52. The van der Waals surface area contributed by atoms with Crippen molar-refractivity contribution >= 4 is 40.3 Å². The smallest absolute Gasteiger partial charge is 0.416 e. The number of pyridine rings is 2. The Kier molecular flexibility index (Phi) is 13.3. The molecule has 0 bridgehead atoms. The van der Waals surface area contributed by atoms with Gasteiger partial charge in [0.05, 0.1) is 24.1 Å². The predicted molar refractivity (Wildman–Crippen MR) is 202 cm³/mol. The van der Waals surface area contributed by atoms with Crippen LogP contribution in [0.15, 0.2) is 97.3 Å². The van der Waals surface area contributed by atoms with Gasteiger partial charge in [-0.05, 0) is 67.1 Å². The van der Waals surface area contributed by atoms with Gasteiger partial charge in [-0.1, -0.05) is 6.07 Å². The van der Waals surface area contributed by atoms with Gasteiger partial charge >= 0.3 is 18.1 Å². The number of carboxylic acids is 2. The number of aromatic nitrogens is 3. The van der Waals surface area contributed by atoms with Crippen LogP contribution in [-0.4, -0.2) is 98.1 Å². The van der Waals surface area contributed by atoms with Gasteiger partial charge in [-0.15, -0.1) is 0 Å². The number of anilines is 1. The number of benzene rings is 2. The van der Waals surface area contributed by atoms with Crippen molar-refractivity contribution in [1.29, 1.82) is 0 Å². The molecule has 1 aliphatic rings. The molecule has 17 heteroatoms. The summed E-state index contributed by atoms with van der Waals surface area (Å²) >= 11 is 0. The molecule has 3 aromatic heterocycles. The molecule has 4 heterocycles. The number of carboxylic acid groups (broad SMARTS) is 2. The van der Waals surface area contributed by atoms with Crippen molar-refractivity contribution in [2.75, 3.05) is 44.7 Å². The fourth-order valence-corrected chi connectivity index (χ4v) is 5.87. The standard InChI is InChI=1S/C36H35F3N6O4.C4H4O4/c1-4-48-32-13-5-24(21-40-32)23-44-15-17-45(18-16-44)35(47)31-20-26-19-29(11-12-30(26)43(31)3)49-33-14-10-28(22-41-33)42(2)34(46)25-6-8-27(9-7-25)36(37,38)39;5-3(6)1-2-4(7)8/h5-14,19-22H,4,15-18,23H2,1-3H3;1-2H,(H,5,6)(H,7,8). The molecule has 1 fully saturated rings. The van der Waals surface area contributed by atoms with Crippen LogP contribution in [0.25, 0.3) is 10.9 Å². The van der Waals surface area contributed by atoms with Crippen LogP contribution in [0.1, 0.15) is 38.9 Å². The second-order valence-electron chi connectivity index (χ2n) is 12.7. The van der Waals surface area contributed by atoms with E-state index >= 15 is 0 Å². The first-order valence-corrected chi connectivity index (χ1v) is 17.5. The first-order chi connectivity index (χ1) is 27.1. The van der Waals surface area contributed by atoms with E-state index in [4.69, 9.17) is 19.7 Å². The molecule has 0 spiro atoms. The molecule has 14 nitrogen and oxygen atoms in total. The number of halogens is 3. The van der Waals surface area contributed by atoms with Gasteiger partial charge in [0.15, 0.2) is 0 Å². The Morgan fingerprint density at radius 1 is 0.842 bits per heavy atom. The van der Waals surface area contributed by atoms with Crippen LogP contribution < -0.4 is 14.4 Å². The van der Waals surface area contributed by atoms with E-state index in [0.29, 0.717) is 54.9 Å². The van der Waals surface area contributed by atoms with E-state index in [9.17, 15) is 32.3 Å². The van der Waals surface area contributed by atoms with E-state index in [2.05, 4.69) is 14.9 Å². The van der Waals surface area contributed by atoms with Gasteiger partial charge in [0.1, 0.15) is 11.4 Å². The summed E-state index contributed by atoms with van der Waals surface area (Å²) in [5.41, 5.74) is 2.29. The Labute approximate surface area is 325 Å². The Morgan fingerprint density at radius 2 is 1.49 bits per heavy atom. The lowest BCUT2D eigenvalue weighted by molar-refractivity contribution is -0.137. The maximum absolute atomic E-state index is 13.6. The van der Waals surface area contributed by atoms with Gasteiger partial charge in [0.2, 0.25) is 11.8 Å². The van der Waals surface area contributed by atoms with Crippen LogP contribution >= 0.6 is 0 Å². The predicted octanol–water partition coefficient (Wildman–Crippen LogP) is 6.12. The van der Waals surface area contributed by atoms with Crippen LogP contribution in [0.2, 0.25) is 0 Å². The molecule has 298 valence electrons. The zero-order chi connectivity index (χ0) is 41.3. The molecule has 5 aromatic rings. The number of ether oxygens (including phenoxy) is 2. The van der Waals surface area contributed by atoms with Gasteiger partial charge in [-0.2, -0.15) is 13.2 Å². The number of aryl methyl sites for hydroxylation is 1. The molecule has 0 saturated carbocycles. The third-order valence-electron chi connectivity index (χ3n) is 8.85. The lowest BCUT2D eigenvalue weighted by Gasteiger charge is -2.34. The van der Waals surface area contributed by atoms with E-state index in [1.807, 2.05) is 60.0 Å². The molecule has 57 heavy (non-hydrogen) atoms. The van der Waals surface area contributed by atoms with Crippen LogP contribution in [0.5, 0.6) is 17.5 Å². The van der Waals surface area contributed by atoms with Crippen molar-refractivity contribution in [3.8, 4) is 17.5 Å². The highest BCUT2D eigenvalue weighted by Crippen LogP contribution is 2.31. The van der Waals surface area contributed by atoms with Crippen LogP contribution in [0.3, 0.4) is 0 Å². The van der Waals surface area contributed by atoms with Crippen molar-refractivity contribution in [2.24, 2.45) is 7.05 Å². The first kappa shape index (κ1) is 41.4. The van der Waals surface area contributed by atoms with E-state index in [1.165, 1.54) is 18.1 Å². The number of nitrogens with zero attached hydrogens (tertiary/aromatic N) is 6. The van der Waals surface area contributed by atoms with Crippen molar-refractivity contribution in [1.82, 2.24) is 24.3 Å². The summed E-state index contributed by atoms with van der Waals surface area (Å²) in [4.78, 5) is 59.6. The maximum atomic E-state index is 13.6. The number of carbonyl (C=O) groups is 4. The lowest BCUT2D eigenvalue weighted by Crippen LogP contribution is -2.48. The molecule has 0 radical (unpaired) electrons. The van der Waals surface area contributed by atoms with Crippen LogP contribution in [0, 0.1) is 0 Å². The number of fused-ring (bicyclic) bond motifs is 1. The maximum Gasteiger partial charge on any atom is 0.416 e. The minimum atomic E-state index is -4.48. The fraction of sp³-hybridized carbons (Fsp3) is 0.250. The number of hydrogen-bond donors (Lipinski definition) is 2. The first-order valence-electron chi connectivity index (χ1n) is 17.5. The third kappa shape index (κ3) is 10.9. The van der Waals surface area contributed by atoms with Crippen molar-refractivity contribution < 1.29 is 52.0 Å². The van der Waals surface area contributed by atoms with Gasteiger partial charge in [0, 0.05) is 93.8 Å². The number of hydrogen-bond acceptors (Lipinski definition) is 9. The number of carbonyl (C=O) groups excluding carboxylic acids is 2. The largest absolute Gasteiger partial charge is 0.478 e. The third-order valence-corrected chi connectivity index (χ3v) is 8.85. The van der Waals surface area contributed by atoms with Crippen LogP contribution in [-0.2, 0) is 29.4 Å². The molecule has 2 N–H and O–H groups in total. The molecular formula is C40H39F3N6O8. The molecule has 0 unspecified atom stereocenters. The monoisotopic (exact) mass is 788 g/mol. The zero-order valence-corrected chi connectivity index (χ0v) is 31.1. The van der Waals surface area contributed by atoms with E-state index < -0.39 is 29.6 Å². The number of rotatable bonds is 11. The van der Waals surface area contributed by atoms with E-state index in [0.717, 1.165) is 60.4 Å². The fourth-order valence-electron chi connectivity index (χ4n) is 5.87. The minimum absolute atomic E-state index is 0.0317. The topological polar surface area (TPSA) is 168 Å². The number of piperazine rings is 1. The van der Waals surface area contributed by atoms with Crippen molar-refractivity contribution in [3.63, 3.8) is 0 Å². The lowest BCUT2D eigenvalue weighted by atomic mass is 10.1. The van der Waals surface area contributed by atoms with Gasteiger partial charge < -0.3 is 34.1 Å². The van der Waals surface area contributed by atoms with Crippen molar-refractivity contribution in [2.45, 2.75) is 19.6 Å². The highest BCUT2D eigenvalue weighted by atomic mass is 19.4. The minimum Gasteiger partial charge on any atom is -0.478 e. The molecule has 1 saturated heterocycles. The highest BCUT2D eigenvalue weighted by molar-refractivity contribution is 6.05. The molecule has 2 aromatic carbocycles. The molecule has 2 amide bonds. The molecular weight excluding hydrogens is 749 g/mol. The Morgan fingerprint density at radius 3 is 2.05 bits per heavy atom. The summed E-state index contributed by atoms with van der Waals surface area (Å²) in [6.07, 6.45) is -0.0846. The van der Waals surface area contributed by atoms with Gasteiger partial charge in [-0.25, -0.2) is 19.6 Å². The normalized spacial score (nSPS) is 13.2. The molecule has 0 aliphatic carbocycles. The molecule has 0 atom stereocenters. The Bertz CT molecular complexity index is 2220. The van der Waals surface area contributed by atoms with E-state index in [-0.39, 0.29) is 17.4 Å². The number of amides is 2. The second kappa shape index (κ2) is 18.3. The SMILES string of the molecule is CCOc1ccc(CN2CCN(C(=O)c3cc4cc(Oc5ccc(N(C)C(=O)c6ccc(C(F)(F)F)cc6)cn5)ccc4n3C)CC2)cn1.O=C(O)C=CC(=O)O. The quantitative estimate of drug-likeness (QED) is 0.148. The highest BCUT2D eigenvalue weighted by Gasteiger charge is 2.30. The summed E-state index contributed by atoms with van der Waals surface area (Å²) in [5, 5.41) is 16.5. The summed E-state index contributed by atoms with van der Waals surface area (Å²) in [6.45, 7) is 6.00. The number of alkyl halides is 3. The summed E-state index contributed by atoms with van der Waals surface area (Å²) in [7, 11) is 3.38. The zero-order valence-electron chi connectivity index (χ0n) is 31.1. The van der Waals surface area contributed by atoms with E-state index in [1.54, 1.807) is 18.2 Å².